The molecular weight excluding hydrogens is 168 g/mol. The average Bonchev–Trinajstić information content (AvgIpc) is 2.02. The van der Waals surface area contributed by atoms with Gasteiger partial charge in [-0.15, -0.1) is 0 Å². The standard InChI is InChI=1S/C9H16N2O2/c12-9(13)11-5-4-10-6-8(11)7-2-1-3-7/h7-8,10H,1-6H2,(H,12,13). The van der Waals surface area contributed by atoms with Crippen LogP contribution in [-0.2, 0) is 0 Å². The van der Waals surface area contributed by atoms with Crippen LogP contribution >= 0.6 is 0 Å². The van der Waals surface area contributed by atoms with Crippen LogP contribution in [0, 0.1) is 5.92 Å². The molecule has 0 spiro atoms. The molecule has 0 bridgehead atoms. The van der Waals surface area contributed by atoms with E-state index in [2.05, 4.69) is 5.32 Å². The Morgan fingerprint density at radius 2 is 2.23 bits per heavy atom. The number of carbonyl (C=O) groups is 1. The highest BCUT2D eigenvalue weighted by Gasteiger charge is 2.35. The highest BCUT2D eigenvalue weighted by Crippen LogP contribution is 2.32. The lowest BCUT2D eigenvalue weighted by Gasteiger charge is -2.42. The summed E-state index contributed by atoms with van der Waals surface area (Å²) >= 11 is 0. The number of piperazine rings is 1. The van der Waals surface area contributed by atoms with Crippen molar-refractivity contribution in [1.29, 1.82) is 0 Å². The van der Waals surface area contributed by atoms with Gasteiger partial charge in [-0.25, -0.2) is 4.79 Å². The van der Waals surface area contributed by atoms with E-state index in [4.69, 9.17) is 5.11 Å². The normalized spacial score (nSPS) is 29.8. The van der Waals surface area contributed by atoms with Crippen LogP contribution in [0.4, 0.5) is 4.79 Å². The number of hydrogen-bond donors (Lipinski definition) is 2. The molecule has 1 amide bonds. The van der Waals surface area contributed by atoms with Crippen LogP contribution in [0.3, 0.4) is 0 Å². The number of hydrogen-bond acceptors (Lipinski definition) is 2. The maximum Gasteiger partial charge on any atom is 0.407 e. The summed E-state index contributed by atoms with van der Waals surface area (Å²) in [6.45, 7) is 2.29. The minimum Gasteiger partial charge on any atom is -0.465 e. The Morgan fingerprint density at radius 1 is 1.46 bits per heavy atom. The number of nitrogens with zero attached hydrogens (tertiary/aromatic N) is 1. The zero-order valence-electron chi connectivity index (χ0n) is 7.70. The Balaban J connectivity index is 1.99. The monoisotopic (exact) mass is 184 g/mol. The molecule has 0 aromatic rings. The van der Waals surface area contributed by atoms with Gasteiger partial charge in [0.2, 0.25) is 0 Å². The minimum atomic E-state index is -0.751. The highest BCUT2D eigenvalue weighted by molar-refractivity contribution is 5.65. The Morgan fingerprint density at radius 3 is 2.77 bits per heavy atom. The third kappa shape index (κ3) is 1.63. The molecule has 1 aliphatic heterocycles. The molecule has 4 heteroatoms. The maximum atomic E-state index is 10.9. The molecule has 1 saturated heterocycles. The second-order valence-electron chi connectivity index (χ2n) is 3.94. The summed E-state index contributed by atoms with van der Waals surface area (Å²) in [7, 11) is 0. The topological polar surface area (TPSA) is 52.6 Å². The summed E-state index contributed by atoms with van der Waals surface area (Å²) in [4.78, 5) is 12.5. The lowest BCUT2D eigenvalue weighted by molar-refractivity contribution is 0.0670. The summed E-state index contributed by atoms with van der Waals surface area (Å²) in [5.41, 5.74) is 0. The fraction of sp³-hybridized carbons (Fsp3) is 0.889. The van der Waals surface area contributed by atoms with Crippen molar-refractivity contribution in [2.45, 2.75) is 25.3 Å². The molecular formula is C9H16N2O2. The first kappa shape index (κ1) is 8.81. The smallest absolute Gasteiger partial charge is 0.407 e. The van der Waals surface area contributed by atoms with Gasteiger partial charge in [-0.05, 0) is 18.8 Å². The molecule has 0 aromatic carbocycles. The molecule has 2 aliphatic rings. The third-order valence-electron chi connectivity index (χ3n) is 3.22. The van der Waals surface area contributed by atoms with E-state index in [0.29, 0.717) is 12.5 Å². The van der Waals surface area contributed by atoms with Gasteiger partial charge in [0.05, 0.1) is 6.04 Å². The van der Waals surface area contributed by atoms with E-state index in [0.717, 1.165) is 13.1 Å². The van der Waals surface area contributed by atoms with Gasteiger partial charge >= 0.3 is 6.09 Å². The second-order valence-corrected chi connectivity index (χ2v) is 3.94. The molecule has 13 heavy (non-hydrogen) atoms. The van der Waals surface area contributed by atoms with Gasteiger partial charge in [-0.2, -0.15) is 0 Å². The summed E-state index contributed by atoms with van der Waals surface area (Å²) in [6.07, 6.45) is 2.93. The second kappa shape index (κ2) is 3.54. The summed E-state index contributed by atoms with van der Waals surface area (Å²) in [6, 6.07) is 0.236. The quantitative estimate of drug-likeness (QED) is 0.632. The Bertz CT molecular complexity index is 204. The molecule has 4 nitrogen and oxygen atoms in total. The zero-order chi connectivity index (χ0) is 9.26. The van der Waals surface area contributed by atoms with Crippen molar-refractivity contribution in [3.8, 4) is 0 Å². The molecule has 1 aliphatic carbocycles. The zero-order valence-corrected chi connectivity index (χ0v) is 7.70. The van der Waals surface area contributed by atoms with Crippen LogP contribution < -0.4 is 5.32 Å². The molecule has 1 saturated carbocycles. The van der Waals surface area contributed by atoms with Crippen molar-refractivity contribution in [2.75, 3.05) is 19.6 Å². The van der Waals surface area contributed by atoms with Crippen LogP contribution in [0.2, 0.25) is 0 Å². The lowest BCUT2D eigenvalue weighted by Crippen LogP contribution is -2.57. The molecule has 74 valence electrons. The molecule has 0 aromatic heterocycles. The van der Waals surface area contributed by atoms with E-state index < -0.39 is 6.09 Å². The predicted molar refractivity (Wildman–Crippen MR) is 48.7 cm³/mol. The van der Waals surface area contributed by atoms with Crippen LogP contribution in [0.1, 0.15) is 19.3 Å². The summed E-state index contributed by atoms with van der Waals surface area (Å²) in [5, 5.41) is 12.2. The third-order valence-corrected chi connectivity index (χ3v) is 3.22. The Labute approximate surface area is 77.9 Å². The number of nitrogens with one attached hydrogen (secondary N) is 1. The summed E-state index contributed by atoms with van der Waals surface area (Å²) < 4.78 is 0. The van der Waals surface area contributed by atoms with E-state index in [9.17, 15) is 4.79 Å². The van der Waals surface area contributed by atoms with Gasteiger partial charge in [0.25, 0.3) is 0 Å². The molecule has 2 fully saturated rings. The molecule has 2 rings (SSSR count). The first-order valence-corrected chi connectivity index (χ1v) is 4.99. The van der Waals surface area contributed by atoms with Gasteiger partial charge < -0.3 is 15.3 Å². The van der Waals surface area contributed by atoms with Gasteiger partial charge in [0.15, 0.2) is 0 Å². The van der Waals surface area contributed by atoms with Crippen LogP contribution in [0.15, 0.2) is 0 Å². The van der Waals surface area contributed by atoms with E-state index in [-0.39, 0.29) is 6.04 Å². The Hall–Kier alpha value is -0.770. The molecule has 1 heterocycles. The van der Waals surface area contributed by atoms with Crippen molar-refractivity contribution in [1.82, 2.24) is 10.2 Å². The summed E-state index contributed by atoms with van der Waals surface area (Å²) in [5.74, 6) is 0.615. The van der Waals surface area contributed by atoms with Gasteiger partial charge in [0, 0.05) is 19.6 Å². The van der Waals surface area contributed by atoms with E-state index in [1.165, 1.54) is 19.3 Å². The first-order chi connectivity index (χ1) is 6.29. The Kier molecular flexibility index (Phi) is 2.40. The highest BCUT2D eigenvalue weighted by atomic mass is 16.4. The van der Waals surface area contributed by atoms with Crippen molar-refractivity contribution in [3.63, 3.8) is 0 Å². The number of amides is 1. The minimum absolute atomic E-state index is 0.236. The first-order valence-electron chi connectivity index (χ1n) is 4.99. The van der Waals surface area contributed by atoms with E-state index >= 15 is 0 Å². The largest absolute Gasteiger partial charge is 0.465 e. The fourth-order valence-corrected chi connectivity index (χ4v) is 2.21. The maximum absolute atomic E-state index is 10.9. The number of rotatable bonds is 1. The van der Waals surface area contributed by atoms with Crippen LogP contribution in [-0.4, -0.2) is 41.8 Å². The van der Waals surface area contributed by atoms with Gasteiger partial charge in [0.1, 0.15) is 0 Å². The van der Waals surface area contributed by atoms with Gasteiger partial charge in [-0.3, -0.25) is 0 Å². The van der Waals surface area contributed by atoms with E-state index in [1.807, 2.05) is 0 Å². The van der Waals surface area contributed by atoms with Crippen molar-refractivity contribution < 1.29 is 9.90 Å². The lowest BCUT2D eigenvalue weighted by atomic mass is 9.78. The van der Waals surface area contributed by atoms with Crippen molar-refractivity contribution >= 4 is 6.09 Å². The van der Waals surface area contributed by atoms with Gasteiger partial charge in [-0.1, -0.05) is 6.42 Å². The average molecular weight is 184 g/mol. The number of carboxylic acid groups (broad SMARTS) is 1. The van der Waals surface area contributed by atoms with Crippen LogP contribution in [0.5, 0.6) is 0 Å². The van der Waals surface area contributed by atoms with Crippen molar-refractivity contribution in [2.24, 2.45) is 5.92 Å². The molecule has 2 N–H and O–H groups in total. The SMILES string of the molecule is O=C(O)N1CCNCC1C1CCC1. The molecule has 1 atom stereocenters. The van der Waals surface area contributed by atoms with E-state index in [1.54, 1.807) is 4.90 Å². The molecule has 1 unspecified atom stereocenters. The molecule has 0 radical (unpaired) electrons. The predicted octanol–water partition coefficient (Wildman–Crippen LogP) is 0.738. The fourth-order valence-electron chi connectivity index (χ4n) is 2.21. The van der Waals surface area contributed by atoms with Crippen LogP contribution in [0.25, 0.3) is 0 Å². The van der Waals surface area contributed by atoms with Crippen molar-refractivity contribution in [3.05, 3.63) is 0 Å².